The number of rotatable bonds is 8. The molecule has 2 aromatic carbocycles. The van der Waals surface area contributed by atoms with E-state index in [-0.39, 0.29) is 24.4 Å². The Hall–Kier alpha value is -3.06. The van der Waals surface area contributed by atoms with Crippen molar-refractivity contribution in [2.75, 3.05) is 12.0 Å². The van der Waals surface area contributed by atoms with Gasteiger partial charge in [-0.3, -0.25) is 0 Å². The molecule has 3 rings (SSSR count). The molecule has 0 aliphatic carbocycles. The van der Waals surface area contributed by atoms with Gasteiger partial charge in [0, 0.05) is 0 Å². The monoisotopic (exact) mass is 371 g/mol. The summed E-state index contributed by atoms with van der Waals surface area (Å²) in [5.41, 5.74) is 1.77. The molecule has 1 N–H and O–H groups in total. The minimum absolute atomic E-state index is 0.0128. The minimum Gasteiger partial charge on any atom is -0.456 e. The van der Waals surface area contributed by atoms with Gasteiger partial charge in [-0.1, -0.05) is 42.5 Å². The van der Waals surface area contributed by atoms with Gasteiger partial charge in [-0.2, -0.15) is 4.98 Å². The van der Waals surface area contributed by atoms with Gasteiger partial charge in [-0.15, -0.1) is 0 Å². The quantitative estimate of drug-likeness (QED) is 0.467. The fourth-order valence-corrected chi connectivity index (χ4v) is 2.35. The lowest BCUT2D eigenvalue weighted by atomic mass is 10.1. The van der Waals surface area contributed by atoms with Gasteiger partial charge in [0.2, 0.25) is 0 Å². The van der Waals surface area contributed by atoms with Crippen molar-refractivity contribution in [2.45, 2.75) is 19.6 Å². The maximum Gasteiger partial charge on any atom is 0.319 e. The third-order valence-corrected chi connectivity index (χ3v) is 3.80. The summed E-state index contributed by atoms with van der Waals surface area (Å²) in [6, 6.07) is 15.6. The largest absolute Gasteiger partial charge is 0.456 e. The van der Waals surface area contributed by atoms with E-state index < -0.39 is 11.9 Å². The van der Waals surface area contributed by atoms with Gasteiger partial charge >= 0.3 is 6.01 Å². The van der Waals surface area contributed by atoms with E-state index in [4.69, 9.17) is 9.47 Å². The topological polar surface area (TPSA) is 56.3 Å². The summed E-state index contributed by atoms with van der Waals surface area (Å²) in [5, 5.41) is 2.77. The third kappa shape index (κ3) is 5.46. The smallest absolute Gasteiger partial charge is 0.319 e. The number of benzene rings is 2. The number of anilines is 1. The van der Waals surface area contributed by atoms with Gasteiger partial charge in [0.15, 0.2) is 11.6 Å². The highest BCUT2D eigenvalue weighted by Gasteiger charge is 2.12. The lowest BCUT2D eigenvalue weighted by molar-refractivity contribution is 0.138. The number of ether oxygens (including phenoxy) is 2. The van der Waals surface area contributed by atoms with Gasteiger partial charge in [0.05, 0.1) is 12.8 Å². The molecule has 1 heterocycles. The SMILES string of the molecule is CC(Oc1ncc(F)c(NCOCc2ccccc2)n1)c1ccc(F)cc1. The summed E-state index contributed by atoms with van der Waals surface area (Å²) >= 11 is 0. The number of hydrogen-bond donors (Lipinski definition) is 1. The van der Waals surface area contributed by atoms with E-state index >= 15 is 0 Å². The van der Waals surface area contributed by atoms with Crippen molar-refractivity contribution in [3.05, 3.63) is 83.6 Å². The minimum atomic E-state index is -0.611. The zero-order valence-electron chi connectivity index (χ0n) is 14.7. The van der Waals surface area contributed by atoms with Crippen molar-refractivity contribution >= 4 is 5.82 Å². The molecule has 0 fully saturated rings. The third-order valence-electron chi connectivity index (χ3n) is 3.80. The first-order valence-electron chi connectivity index (χ1n) is 8.42. The number of aromatic nitrogens is 2. The molecular weight excluding hydrogens is 352 g/mol. The second kappa shape index (κ2) is 9.05. The van der Waals surface area contributed by atoms with Crippen molar-refractivity contribution in [1.29, 1.82) is 0 Å². The van der Waals surface area contributed by atoms with Crippen molar-refractivity contribution in [2.24, 2.45) is 0 Å². The van der Waals surface area contributed by atoms with Crippen LogP contribution in [0.15, 0.2) is 60.8 Å². The van der Waals surface area contributed by atoms with E-state index in [9.17, 15) is 8.78 Å². The van der Waals surface area contributed by atoms with Crippen molar-refractivity contribution < 1.29 is 18.3 Å². The molecule has 1 atom stereocenters. The van der Waals surface area contributed by atoms with Crippen LogP contribution in [0, 0.1) is 11.6 Å². The van der Waals surface area contributed by atoms with Gasteiger partial charge in [-0.05, 0) is 30.2 Å². The summed E-state index contributed by atoms with van der Waals surface area (Å²) in [4.78, 5) is 7.86. The summed E-state index contributed by atoms with van der Waals surface area (Å²) < 4.78 is 38.0. The second-order valence-corrected chi connectivity index (χ2v) is 5.82. The Morgan fingerprint density at radius 1 is 1.04 bits per heavy atom. The van der Waals surface area contributed by atoms with E-state index in [2.05, 4.69) is 15.3 Å². The molecule has 7 heteroatoms. The first-order chi connectivity index (χ1) is 13.1. The van der Waals surface area contributed by atoms with E-state index in [1.807, 2.05) is 30.3 Å². The number of nitrogens with zero attached hydrogens (tertiary/aromatic N) is 2. The van der Waals surface area contributed by atoms with Crippen LogP contribution in [0.5, 0.6) is 6.01 Å². The Morgan fingerprint density at radius 3 is 2.52 bits per heavy atom. The molecule has 0 saturated carbocycles. The van der Waals surface area contributed by atoms with Crippen LogP contribution in [0.25, 0.3) is 0 Å². The van der Waals surface area contributed by atoms with Crippen LogP contribution >= 0.6 is 0 Å². The van der Waals surface area contributed by atoms with Crippen molar-refractivity contribution in [3.8, 4) is 6.01 Å². The summed E-state index contributed by atoms with van der Waals surface area (Å²) in [7, 11) is 0. The maximum atomic E-state index is 13.9. The maximum absolute atomic E-state index is 13.9. The van der Waals surface area contributed by atoms with Crippen LogP contribution in [-0.4, -0.2) is 16.7 Å². The van der Waals surface area contributed by atoms with E-state index in [0.717, 1.165) is 17.3 Å². The highest BCUT2D eigenvalue weighted by molar-refractivity contribution is 5.35. The summed E-state index contributed by atoms with van der Waals surface area (Å²) in [5.74, 6) is -0.953. The molecule has 140 valence electrons. The predicted molar refractivity (Wildman–Crippen MR) is 97.2 cm³/mol. The lowest BCUT2D eigenvalue weighted by Crippen LogP contribution is -2.11. The second-order valence-electron chi connectivity index (χ2n) is 5.82. The molecule has 0 bridgehead atoms. The van der Waals surface area contributed by atoms with Crippen molar-refractivity contribution in [3.63, 3.8) is 0 Å². The van der Waals surface area contributed by atoms with Gasteiger partial charge in [-0.25, -0.2) is 13.8 Å². The first-order valence-corrected chi connectivity index (χ1v) is 8.42. The highest BCUT2D eigenvalue weighted by atomic mass is 19.1. The van der Waals surface area contributed by atoms with Gasteiger partial charge < -0.3 is 14.8 Å². The van der Waals surface area contributed by atoms with Crippen LogP contribution in [0.1, 0.15) is 24.2 Å². The molecule has 0 spiro atoms. The summed E-state index contributed by atoms with van der Waals surface area (Å²) in [6.45, 7) is 2.25. The Bertz CT molecular complexity index is 861. The Kier molecular flexibility index (Phi) is 6.27. The van der Waals surface area contributed by atoms with Gasteiger partial charge in [0.25, 0.3) is 0 Å². The van der Waals surface area contributed by atoms with E-state index in [1.54, 1.807) is 19.1 Å². The average molecular weight is 371 g/mol. The Morgan fingerprint density at radius 2 is 1.78 bits per heavy atom. The van der Waals surface area contributed by atoms with Crippen LogP contribution < -0.4 is 10.1 Å². The van der Waals surface area contributed by atoms with E-state index in [0.29, 0.717) is 6.61 Å². The molecule has 27 heavy (non-hydrogen) atoms. The van der Waals surface area contributed by atoms with Gasteiger partial charge in [0.1, 0.15) is 18.7 Å². The number of halogens is 2. The Labute approximate surface area is 156 Å². The zero-order valence-corrected chi connectivity index (χ0v) is 14.7. The molecule has 0 aliphatic rings. The molecule has 0 aliphatic heterocycles. The molecule has 0 radical (unpaired) electrons. The molecule has 5 nitrogen and oxygen atoms in total. The lowest BCUT2D eigenvalue weighted by Gasteiger charge is -2.14. The average Bonchev–Trinajstić information content (AvgIpc) is 2.69. The molecule has 0 amide bonds. The van der Waals surface area contributed by atoms with E-state index in [1.165, 1.54) is 12.1 Å². The fourth-order valence-electron chi connectivity index (χ4n) is 2.35. The molecular formula is C20H19F2N3O2. The highest BCUT2D eigenvalue weighted by Crippen LogP contribution is 2.21. The first kappa shape index (κ1) is 18.7. The van der Waals surface area contributed by atoms with Crippen LogP contribution in [0.2, 0.25) is 0 Å². The molecule has 0 saturated heterocycles. The number of nitrogens with one attached hydrogen (secondary N) is 1. The van der Waals surface area contributed by atoms with Crippen LogP contribution in [0.3, 0.4) is 0 Å². The summed E-state index contributed by atoms with van der Waals surface area (Å²) in [6.07, 6.45) is 0.609. The predicted octanol–water partition coefficient (Wildman–Crippen LogP) is 4.48. The van der Waals surface area contributed by atoms with Crippen LogP contribution in [-0.2, 0) is 11.3 Å². The molecule has 3 aromatic rings. The molecule has 1 aromatic heterocycles. The normalized spacial score (nSPS) is 11.8. The fraction of sp³-hybridized carbons (Fsp3) is 0.200. The Balaban J connectivity index is 1.56. The standard InChI is InChI=1S/C20H19F2N3O2/c1-14(16-7-9-17(21)10-8-16)27-20-23-11-18(22)19(25-20)24-13-26-12-15-5-3-2-4-6-15/h2-11,14H,12-13H2,1H3,(H,23,24,25). The number of hydrogen-bond acceptors (Lipinski definition) is 5. The van der Waals surface area contributed by atoms with Crippen LogP contribution in [0.4, 0.5) is 14.6 Å². The molecule has 1 unspecified atom stereocenters. The zero-order chi connectivity index (χ0) is 19.1. The van der Waals surface area contributed by atoms with Crippen molar-refractivity contribution in [1.82, 2.24) is 9.97 Å².